The fourth-order valence-electron chi connectivity index (χ4n) is 2.67. The number of anilines is 2. The molecule has 0 radical (unpaired) electrons. The molecule has 0 fully saturated rings. The summed E-state index contributed by atoms with van der Waals surface area (Å²) in [4.78, 5) is 9.71. The number of benzene rings is 1. The number of nitrogen functional groups attached to an aromatic ring is 1. The second-order valence-corrected chi connectivity index (χ2v) is 6.70. The van der Waals surface area contributed by atoms with Crippen LogP contribution in [0.25, 0.3) is 0 Å². The van der Waals surface area contributed by atoms with E-state index in [-0.39, 0.29) is 0 Å². The number of rotatable bonds is 6. The molecule has 0 unspecified atom stereocenters. The summed E-state index contributed by atoms with van der Waals surface area (Å²) in [6.45, 7) is 0.864. The van der Waals surface area contributed by atoms with Gasteiger partial charge in [-0.2, -0.15) is 0 Å². The second-order valence-electron chi connectivity index (χ2n) is 5.64. The highest BCUT2D eigenvalue weighted by Gasteiger charge is 2.10. The van der Waals surface area contributed by atoms with Crippen LogP contribution in [0.1, 0.15) is 32.1 Å². The summed E-state index contributed by atoms with van der Waals surface area (Å²) in [5, 5.41) is 4.15. The second kappa shape index (κ2) is 8.02. The van der Waals surface area contributed by atoms with Crippen molar-refractivity contribution in [3.63, 3.8) is 0 Å². The number of nitrogens with two attached hydrogens (primary N) is 1. The van der Waals surface area contributed by atoms with Crippen LogP contribution >= 0.6 is 11.8 Å². The van der Waals surface area contributed by atoms with Gasteiger partial charge in [0.1, 0.15) is 17.0 Å². The Morgan fingerprint density at radius 3 is 2.78 bits per heavy atom. The van der Waals surface area contributed by atoms with Crippen molar-refractivity contribution in [3.8, 4) is 0 Å². The van der Waals surface area contributed by atoms with E-state index in [1.165, 1.54) is 25.7 Å². The minimum absolute atomic E-state index is 0.624. The number of nitrogens with zero attached hydrogens (tertiary/aromatic N) is 2. The van der Waals surface area contributed by atoms with E-state index in [0.717, 1.165) is 28.7 Å². The third kappa shape index (κ3) is 4.48. The van der Waals surface area contributed by atoms with Crippen molar-refractivity contribution in [2.24, 2.45) is 0 Å². The van der Waals surface area contributed by atoms with Gasteiger partial charge in [0, 0.05) is 11.4 Å². The van der Waals surface area contributed by atoms with Gasteiger partial charge in [-0.05, 0) is 44.2 Å². The Bertz CT molecular complexity index is 670. The van der Waals surface area contributed by atoms with E-state index in [9.17, 15) is 0 Å². The highest BCUT2D eigenvalue weighted by atomic mass is 32.2. The maximum Gasteiger partial charge on any atom is 0.153 e. The van der Waals surface area contributed by atoms with Gasteiger partial charge in [-0.1, -0.05) is 41.6 Å². The third-order valence-electron chi connectivity index (χ3n) is 3.93. The minimum atomic E-state index is 0.624. The van der Waals surface area contributed by atoms with Crippen molar-refractivity contribution < 1.29 is 0 Å². The molecule has 4 nitrogen and oxygen atoms in total. The number of nitrogens with one attached hydrogen (secondary N) is 1. The summed E-state index contributed by atoms with van der Waals surface area (Å²) in [5.74, 6) is 0.731. The van der Waals surface area contributed by atoms with Crippen LogP contribution in [0.15, 0.2) is 58.2 Å². The Balaban J connectivity index is 1.61. The molecule has 0 bridgehead atoms. The average Bonchev–Trinajstić information content (AvgIpc) is 2.60. The van der Waals surface area contributed by atoms with Crippen molar-refractivity contribution in [2.45, 2.75) is 42.0 Å². The van der Waals surface area contributed by atoms with Gasteiger partial charge in [0.15, 0.2) is 5.82 Å². The quantitative estimate of drug-likeness (QED) is 0.604. The topological polar surface area (TPSA) is 63.8 Å². The van der Waals surface area contributed by atoms with Gasteiger partial charge in [-0.3, -0.25) is 0 Å². The maximum absolute atomic E-state index is 6.23. The average molecular weight is 326 g/mol. The molecule has 5 heteroatoms. The van der Waals surface area contributed by atoms with Gasteiger partial charge in [-0.15, -0.1) is 0 Å². The molecule has 0 spiro atoms. The van der Waals surface area contributed by atoms with Gasteiger partial charge in [0.25, 0.3) is 0 Å². The highest BCUT2D eigenvalue weighted by molar-refractivity contribution is 7.99. The summed E-state index contributed by atoms with van der Waals surface area (Å²) >= 11 is 1.56. The lowest BCUT2D eigenvalue weighted by atomic mass is 9.97. The smallest absolute Gasteiger partial charge is 0.153 e. The Morgan fingerprint density at radius 2 is 2.00 bits per heavy atom. The van der Waals surface area contributed by atoms with Crippen LogP contribution in [0.2, 0.25) is 0 Å². The van der Waals surface area contributed by atoms with Crippen LogP contribution in [0.5, 0.6) is 0 Å². The van der Waals surface area contributed by atoms with Crippen LogP contribution in [-0.4, -0.2) is 16.5 Å². The SMILES string of the molecule is Nc1c(NCCC2=CCCCC2)ncnc1Sc1ccccc1. The summed E-state index contributed by atoms with van der Waals surface area (Å²) < 4.78 is 0. The van der Waals surface area contributed by atoms with Crippen molar-refractivity contribution in [1.82, 2.24) is 9.97 Å². The maximum atomic E-state index is 6.23. The Kier molecular flexibility index (Phi) is 5.53. The molecule has 120 valence electrons. The molecule has 23 heavy (non-hydrogen) atoms. The zero-order valence-corrected chi connectivity index (χ0v) is 14.0. The highest BCUT2D eigenvalue weighted by Crippen LogP contribution is 2.32. The number of aromatic nitrogens is 2. The van der Waals surface area contributed by atoms with Crippen LogP contribution in [0.4, 0.5) is 11.5 Å². The third-order valence-corrected chi connectivity index (χ3v) is 4.96. The summed E-state index contributed by atoms with van der Waals surface area (Å²) in [5.41, 5.74) is 8.40. The summed E-state index contributed by atoms with van der Waals surface area (Å²) in [6, 6.07) is 10.1. The lowest BCUT2D eigenvalue weighted by Crippen LogP contribution is -2.09. The molecule has 0 aliphatic heterocycles. The Hall–Kier alpha value is -2.01. The van der Waals surface area contributed by atoms with Gasteiger partial charge >= 0.3 is 0 Å². The predicted octanol–water partition coefficient (Wildman–Crippen LogP) is 4.51. The monoisotopic (exact) mass is 326 g/mol. The van der Waals surface area contributed by atoms with Crippen molar-refractivity contribution >= 4 is 23.3 Å². The first-order chi connectivity index (χ1) is 11.3. The summed E-state index contributed by atoms with van der Waals surface area (Å²) in [7, 11) is 0. The molecule has 3 rings (SSSR count). The Labute approximate surface area is 141 Å². The fraction of sp³-hybridized carbons (Fsp3) is 0.333. The molecule has 0 saturated heterocycles. The van der Waals surface area contributed by atoms with Gasteiger partial charge in [-0.25, -0.2) is 9.97 Å². The zero-order chi connectivity index (χ0) is 15.9. The molecule has 0 saturated carbocycles. The summed E-state index contributed by atoms with van der Waals surface area (Å²) in [6.07, 6.45) is 10.1. The molecule has 1 aromatic carbocycles. The molecular weight excluding hydrogens is 304 g/mol. The van der Waals surface area contributed by atoms with E-state index in [4.69, 9.17) is 5.73 Å². The standard InChI is InChI=1S/C18H22N4S/c19-16-17(20-12-11-14-7-3-1-4-8-14)21-13-22-18(16)23-15-9-5-2-6-10-15/h2,5-7,9-10,13H,1,3-4,8,11-12,19H2,(H,20,21,22). The first kappa shape index (κ1) is 15.9. The van der Waals surface area contributed by atoms with Crippen LogP contribution in [-0.2, 0) is 0 Å². The van der Waals surface area contributed by atoms with Gasteiger partial charge < -0.3 is 11.1 Å². The van der Waals surface area contributed by atoms with E-state index >= 15 is 0 Å². The molecule has 0 amide bonds. The predicted molar refractivity (Wildman–Crippen MR) is 96.7 cm³/mol. The number of allylic oxidation sites excluding steroid dienone is 1. The van der Waals surface area contributed by atoms with Crippen molar-refractivity contribution in [3.05, 3.63) is 48.3 Å². The first-order valence-electron chi connectivity index (χ1n) is 8.08. The van der Waals surface area contributed by atoms with Crippen molar-refractivity contribution in [1.29, 1.82) is 0 Å². The molecular formula is C18H22N4S. The first-order valence-corrected chi connectivity index (χ1v) is 8.90. The normalized spacial score (nSPS) is 14.3. The Morgan fingerprint density at radius 1 is 1.13 bits per heavy atom. The largest absolute Gasteiger partial charge is 0.394 e. The van der Waals surface area contributed by atoms with E-state index in [1.807, 2.05) is 18.2 Å². The lowest BCUT2D eigenvalue weighted by Gasteiger charge is -2.14. The lowest BCUT2D eigenvalue weighted by molar-refractivity contribution is 0.679. The molecule has 1 heterocycles. The molecule has 3 N–H and O–H groups in total. The zero-order valence-electron chi connectivity index (χ0n) is 13.2. The van der Waals surface area contributed by atoms with E-state index in [0.29, 0.717) is 5.69 Å². The molecule has 1 aromatic heterocycles. The van der Waals surface area contributed by atoms with Crippen molar-refractivity contribution in [2.75, 3.05) is 17.6 Å². The number of hydrogen-bond acceptors (Lipinski definition) is 5. The minimum Gasteiger partial charge on any atom is -0.394 e. The molecule has 2 aromatic rings. The fourth-order valence-corrected chi connectivity index (χ4v) is 3.50. The van der Waals surface area contributed by atoms with E-state index in [1.54, 1.807) is 23.7 Å². The van der Waals surface area contributed by atoms with E-state index in [2.05, 4.69) is 33.5 Å². The molecule has 1 aliphatic carbocycles. The van der Waals surface area contributed by atoms with Crippen LogP contribution in [0.3, 0.4) is 0 Å². The molecule has 1 aliphatic rings. The van der Waals surface area contributed by atoms with Gasteiger partial charge in [0.05, 0.1) is 0 Å². The van der Waals surface area contributed by atoms with E-state index < -0.39 is 0 Å². The van der Waals surface area contributed by atoms with Crippen LogP contribution in [0, 0.1) is 0 Å². The van der Waals surface area contributed by atoms with Crippen LogP contribution < -0.4 is 11.1 Å². The molecule has 0 atom stereocenters. The van der Waals surface area contributed by atoms with Gasteiger partial charge in [0.2, 0.25) is 0 Å². The number of hydrogen-bond donors (Lipinski definition) is 2.